The van der Waals surface area contributed by atoms with Crippen LogP contribution in [0.1, 0.15) is 0 Å². The van der Waals surface area contributed by atoms with Crippen LogP contribution < -0.4 is 29.6 Å². The first-order chi connectivity index (χ1) is 12.4. The molecule has 1 heterocycles. The first-order valence-electron chi connectivity index (χ1n) is 7.56. The molecule has 0 saturated carbocycles. The van der Waals surface area contributed by atoms with E-state index in [9.17, 15) is 13.6 Å². The molecule has 1 aliphatic heterocycles. The minimum Gasteiger partial charge on any atom is -0.497 e. The summed E-state index contributed by atoms with van der Waals surface area (Å²) in [4.78, 5) is 12.1. The summed E-state index contributed by atoms with van der Waals surface area (Å²) in [6, 6.07) is 9.16. The highest BCUT2D eigenvalue weighted by atomic mass is 19.3. The lowest BCUT2D eigenvalue weighted by molar-refractivity contribution is -0.286. The number of anilines is 2. The van der Waals surface area contributed by atoms with Crippen LogP contribution in [0.25, 0.3) is 0 Å². The van der Waals surface area contributed by atoms with Crippen molar-refractivity contribution in [3.8, 4) is 23.0 Å². The molecule has 0 aliphatic carbocycles. The lowest BCUT2D eigenvalue weighted by atomic mass is 10.2. The third-order valence-corrected chi connectivity index (χ3v) is 3.54. The fourth-order valence-electron chi connectivity index (χ4n) is 2.35. The second kappa shape index (κ2) is 6.95. The molecule has 0 radical (unpaired) electrons. The van der Waals surface area contributed by atoms with Gasteiger partial charge in [0, 0.05) is 17.8 Å². The van der Waals surface area contributed by atoms with Gasteiger partial charge in [-0.25, -0.2) is 0 Å². The number of ether oxygens (including phenoxy) is 4. The van der Waals surface area contributed by atoms with Crippen LogP contribution in [0, 0.1) is 0 Å². The summed E-state index contributed by atoms with van der Waals surface area (Å²) in [5.41, 5.74) is 0.877. The topological polar surface area (TPSA) is 78.1 Å². The van der Waals surface area contributed by atoms with Gasteiger partial charge in [-0.3, -0.25) is 4.79 Å². The predicted octanol–water partition coefficient (Wildman–Crippen LogP) is 3.08. The minimum absolute atomic E-state index is 0.0638. The third kappa shape index (κ3) is 3.88. The molecule has 0 saturated heterocycles. The molecule has 2 N–H and O–H groups in total. The molecule has 1 amide bonds. The number of rotatable bonds is 6. The van der Waals surface area contributed by atoms with Crippen LogP contribution in [-0.4, -0.2) is 33.0 Å². The standard InChI is InChI=1S/C17H16F2N2O5/c1-23-11-4-6-13(24-2)12(8-11)21-16(22)9-20-10-3-5-14-15(7-10)26-17(18,19)25-14/h3-8,20H,9H2,1-2H3,(H,21,22). The van der Waals surface area contributed by atoms with E-state index in [1.54, 1.807) is 18.2 Å². The first-order valence-corrected chi connectivity index (χ1v) is 7.56. The van der Waals surface area contributed by atoms with Gasteiger partial charge in [0.25, 0.3) is 0 Å². The summed E-state index contributed by atoms with van der Waals surface area (Å²) in [5, 5.41) is 5.51. The van der Waals surface area contributed by atoms with Gasteiger partial charge in [-0.2, -0.15) is 0 Å². The van der Waals surface area contributed by atoms with Crippen LogP contribution in [0.5, 0.6) is 23.0 Å². The van der Waals surface area contributed by atoms with Gasteiger partial charge in [-0.15, -0.1) is 8.78 Å². The number of benzene rings is 2. The molecule has 0 unspecified atom stereocenters. The second-order valence-electron chi connectivity index (χ2n) is 5.30. The average molecular weight is 366 g/mol. The maximum Gasteiger partial charge on any atom is 0.586 e. The fourth-order valence-corrected chi connectivity index (χ4v) is 2.35. The molecular weight excluding hydrogens is 350 g/mol. The summed E-state index contributed by atoms with van der Waals surface area (Å²) in [6.45, 7) is -0.101. The Bertz CT molecular complexity index is 829. The van der Waals surface area contributed by atoms with Gasteiger partial charge in [0.2, 0.25) is 5.91 Å². The Morgan fingerprint density at radius 1 is 1.08 bits per heavy atom. The summed E-state index contributed by atoms with van der Waals surface area (Å²) < 4.78 is 45.0. The number of halogens is 2. The zero-order valence-electron chi connectivity index (χ0n) is 14.0. The number of carbonyl (C=O) groups is 1. The van der Waals surface area contributed by atoms with Crippen molar-refractivity contribution in [3.63, 3.8) is 0 Å². The van der Waals surface area contributed by atoms with Gasteiger partial charge in [-0.1, -0.05) is 0 Å². The number of carbonyl (C=O) groups excluding carboxylic acids is 1. The van der Waals surface area contributed by atoms with Crippen molar-refractivity contribution < 1.29 is 32.5 Å². The number of hydrogen-bond acceptors (Lipinski definition) is 6. The summed E-state index contributed by atoms with van der Waals surface area (Å²) in [5.74, 6) is 0.510. The zero-order chi connectivity index (χ0) is 18.7. The van der Waals surface area contributed by atoms with Crippen LogP contribution in [-0.2, 0) is 4.79 Å². The van der Waals surface area contributed by atoms with Crippen molar-refractivity contribution in [2.24, 2.45) is 0 Å². The van der Waals surface area contributed by atoms with Gasteiger partial charge in [0.05, 0.1) is 26.5 Å². The number of alkyl halides is 2. The largest absolute Gasteiger partial charge is 0.586 e. The molecular formula is C17H16F2N2O5. The van der Waals surface area contributed by atoms with Crippen LogP contribution in [0.15, 0.2) is 36.4 Å². The van der Waals surface area contributed by atoms with Crippen molar-refractivity contribution in [1.82, 2.24) is 0 Å². The highest BCUT2D eigenvalue weighted by Crippen LogP contribution is 2.42. The molecule has 9 heteroatoms. The highest BCUT2D eigenvalue weighted by molar-refractivity contribution is 5.95. The second-order valence-corrected chi connectivity index (χ2v) is 5.30. The zero-order valence-corrected chi connectivity index (χ0v) is 14.0. The molecule has 7 nitrogen and oxygen atoms in total. The van der Waals surface area contributed by atoms with Crippen LogP contribution in [0.2, 0.25) is 0 Å². The Hall–Kier alpha value is -3.23. The maximum atomic E-state index is 13.0. The molecule has 2 aromatic carbocycles. The Kier molecular flexibility index (Phi) is 4.70. The summed E-state index contributed by atoms with van der Waals surface area (Å²) in [6.07, 6.45) is -3.68. The Morgan fingerprint density at radius 2 is 1.85 bits per heavy atom. The van der Waals surface area contributed by atoms with E-state index < -0.39 is 6.29 Å². The molecule has 2 aromatic rings. The van der Waals surface area contributed by atoms with Crippen molar-refractivity contribution >= 4 is 17.3 Å². The van der Waals surface area contributed by atoms with Crippen LogP contribution in [0.3, 0.4) is 0 Å². The van der Waals surface area contributed by atoms with Crippen molar-refractivity contribution in [2.75, 3.05) is 31.4 Å². The van der Waals surface area contributed by atoms with Crippen molar-refractivity contribution in [2.45, 2.75) is 6.29 Å². The Morgan fingerprint density at radius 3 is 2.58 bits per heavy atom. The van der Waals surface area contributed by atoms with E-state index in [1.165, 1.54) is 32.4 Å². The summed E-state index contributed by atoms with van der Waals surface area (Å²) in [7, 11) is 3.00. The number of hydrogen-bond donors (Lipinski definition) is 2. The number of fused-ring (bicyclic) bond motifs is 1. The summed E-state index contributed by atoms with van der Waals surface area (Å²) >= 11 is 0. The molecule has 26 heavy (non-hydrogen) atoms. The van der Waals surface area contributed by atoms with E-state index in [-0.39, 0.29) is 24.0 Å². The van der Waals surface area contributed by atoms with E-state index in [0.717, 1.165) is 0 Å². The van der Waals surface area contributed by atoms with Gasteiger partial charge < -0.3 is 29.6 Å². The van der Waals surface area contributed by atoms with E-state index in [4.69, 9.17) is 9.47 Å². The lowest BCUT2D eigenvalue weighted by Gasteiger charge is -2.12. The van der Waals surface area contributed by atoms with Gasteiger partial charge >= 0.3 is 6.29 Å². The average Bonchev–Trinajstić information content (AvgIpc) is 2.92. The lowest BCUT2D eigenvalue weighted by Crippen LogP contribution is -2.25. The van der Waals surface area contributed by atoms with E-state index in [1.807, 2.05) is 0 Å². The molecule has 0 spiro atoms. The monoisotopic (exact) mass is 366 g/mol. The molecule has 0 aromatic heterocycles. The molecule has 0 fully saturated rings. The normalized spacial score (nSPS) is 13.8. The predicted molar refractivity (Wildman–Crippen MR) is 89.3 cm³/mol. The van der Waals surface area contributed by atoms with Crippen LogP contribution in [0.4, 0.5) is 20.2 Å². The number of methoxy groups -OCH3 is 2. The first kappa shape index (κ1) is 17.6. The molecule has 0 atom stereocenters. The maximum absolute atomic E-state index is 13.0. The highest BCUT2D eigenvalue weighted by Gasteiger charge is 2.43. The van der Waals surface area contributed by atoms with E-state index in [2.05, 4.69) is 20.1 Å². The minimum atomic E-state index is -3.68. The molecule has 0 bridgehead atoms. The van der Waals surface area contributed by atoms with Crippen molar-refractivity contribution in [1.29, 1.82) is 0 Å². The third-order valence-electron chi connectivity index (χ3n) is 3.54. The Labute approximate surface area is 147 Å². The Balaban J connectivity index is 1.62. The van der Waals surface area contributed by atoms with Crippen molar-refractivity contribution in [3.05, 3.63) is 36.4 Å². The van der Waals surface area contributed by atoms with Crippen LogP contribution >= 0.6 is 0 Å². The quantitative estimate of drug-likeness (QED) is 0.818. The molecule has 138 valence electrons. The smallest absolute Gasteiger partial charge is 0.497 e. The van der Waals surface area contributed by atoms with Gasteiger partial charge in [-0.05, 0) is 24.3 Å². The molecule has 3 rings (SSSR count). The van der Waals surface area contributed by atoms with E-state index in [0.29, 0.717) is 22.9 Å². The number of amides is 1. The fraction of sp³-hybridized carbons (Fsp3) is 0.235. The van der Waals surface area contributed by atoms with Gasteiger partial charge in [0.1, 0.15) is 11.5 Å². The number of nitrogens with one attached hydrogen (secondary N) is 2. The SMILES string of the molecule is COc1ccc(OC)c(NC(=O)CNc2ccc3c(c2)OC(F)(F)O3)c1. The molecule has 1 aliphatic rings. The van der Waals surface area contributed by atoms with Gasteiger partial charge in [0.15, 0.2) is 11.5 Å². The van der Waals surface area contributed by atoms with E-state index >= 15 is 0 Å².